The first kappa shape index (κ1) is 13.4. The number of fused-ring (bicyclic) bond motifs is 1. The Morgan fingerprint density at radius 2 is 2.00 bits per heavy atom. The van der Waals surface area contributed by atoms with Crippen LogP contribution in [-0.4, -0.2) is 5.16 Å². The van der Waals surface area contributed by atoms with Crippen LogP contribution < -0.4 is 5.32 Å². The zero-order valence-corrected chi connectivity index (χ0v) is 12.3. The normalized spacial score (nSPS) is 15.9. The molecule has 0 radical (unpaired) electrons. The van der Waals surface area contributed by atoms with Crippen molar-refractivity contribution in [3.63, 3.8) is 0 Å². The minimum absolute atomic E-state index is 0.333. The Morgan fingerprint density at radius 1 is 1.20 bits per heavy atom. The lowest BCUT2D eigenvalue weighted by Gasteiger charge is -2.19. The molecule has 1 aliphatic carbocycles. The second-order valence-corrected chi connectivity index (χ2v) is 5.77. The highest BCUT2D eigenvalue weighted by atomic mass is 16.5. The lowest BCUT2D eigenvalue weighted by molar-refractivity contribution is 0.386. The van der Waals surface area contributed by atoms with Crippen LogP contribution in [0, 0.1) is 6.92 Å². The second-order valence-electron chi connectivity index (χ2n) is 5.77. The average Bonchev–Trinajstić information content (AvgIpc) is 2.90. The van der Waals surface area contributed by atoms with Crippen LogP contribution in [0.15, 0.2) is 28.8 Å². The van der Waals surface area contributed by atoms with Gasteiger partial charge in [0.25, 0.3) is 0 Å². The van der Waals surface area contributed by atoms with Crippen molar-refractivity contribution in [2.75, 3.05) is 0 Å². The highest BCUT2D eigenvalue weighted by Crippen LogP contribution is 2.24. The fourth-order valence-electron chi connectivity index (χ4n) is 2.90. The van der Waals surface area contributed by atoms with Crippen molar-refractivity contribution < 1.29 is 4.52 Å². The van der Waals surface area contributed by atoms with Crippen molar-refractivity contribution in [2.45, 2.75) is 52.1 Å². The van der Waals surface area contributed by atoms with Gasteiger partial charge in [-0.25, -0.2) is 0 Å². The fourth-order valence-corrected chi connectivity index (χ4v) is 2.90. The molecule has 0 aliphatic heterocycles. The second kappa shape index (κ2) is 5.80. The van der Waals surface area contributed by atoms with Gasteiger partial charge in [-0.15, -0.1) is 0 Å². The van der Waals surface area contributed by atoms with E-state index < -0.39 is 0 Å². The summed E-state index contributed by atoms with van der Waals surface area (Å²) in [5.74, 6) is 0.864. The summed E-state index contributed by atoms with van der Waals surface area (Å²) in [4.78, 5) is 0. The van der Waals surface area contributed by atoms with Crippen LogP contribution in [0.3, 0.4) is 0 Å². The van der Waals surface area contributed by atoms with E-state index >= 15 is 0 Å². The Hall–Kier alpha value is -1.61. The van der Waals surface area contributed by atoms with Crippen molar-refractivity contribution in [1.82, 2.24) is 10.5 Å². The first-order chi connectivity index (χ1) is 9.72. The Balaban J connectivity index is 1.66. The van der Waals surface area contributed by atoms with Crippen LogP contribution in [0.25, 0.3) is 0 Å². The average molecular weight is 270 g/mol. The number of aromatic nitrogens is 1. The van der Waals surface area contributed by atoms with Crippen LogP contribution in [0.4, 0.5) is 0 Å². The van der Waals surface area contributed by atoms with Crippen LogP contribution in [-0.2, 0) is 19.4 Å². The van der Waals surface area contributed by atoms with Gasteiger partial charge in [-0.05, 0) is 56.2 Å². The molecule has 1 heterocycles. The van der Waals surface area contributed by atoms with Crippen LogP contribution in [0.1, 0.15) is 54.0 Å². The third-order valence-electron chi connectivity index (χ3n) is 4.14. The van der Waals surface area contributed by atoms with Gasteiger partial charge in [-0.2, -0.15) is 0 Å². The first-order valence-corrected chi connectivity index (χ1v) is 7.49. The monoisotopic (exact) mass is 270 g/mol. The zero-order chi connectivity index (χ0) is 13.9. The third kappa shape index (κ3) is 2.93. The van der Waals surface area contributed by atoms with E-state index in [4.69, 9.17) is 4.52 Å². The summed E-state index contributed by atoms with van der Waals surface area (Å²) in [5.41, 5.74) is 5.41. The lowest BCUT2D eigenvalue weighted by atomic mass is 9.89. The van der Waals surface area contributed by atoms with E-state index in [1.807, 2.05) is 13.0 Å². The molecule has 0 saturated carbocycles. The summed E-state index contributed by atoms with van der Waals surface area (Å²) in [6, 6.07) is 9.25. The molecule has 1 aromatic carbocycles. The quantitative estimate of drug-likeness (QED) is 0.920. The Kier molecular flexibility index (Phi) is 3.88. The van der Waals surface area contributed by atoms with Crippen molar-refractivity contribution in [1.29, 1.82) is 0 Å². The van der Waals surface area contributed by atoms with Gasteiger partial charge in [0.15, 0.2) is 0 Å². The van der Waals surface area contributed by atoms with Crippen LogP contribution >= 0.6 is 0 Å². The maximum absolute atomic E-state index is 5.09. The Morgan fingerprint density at radius 3 is 2.75 bits per heavy atom. The molecule has 20 heavy (non-hydrogen) atoms. The molecule has 1 atom stereocenters. The van der Waals surface area contributed by atoms with Gasteiger partial charge in [0.2, 0.25) is 0 Å². The molecular weight excluding hydrogens is 248 g/mol. The molecule has 3 heteroatoms. The predicted molar refractivity (Wildman–Crippen MR) is 79.6 cm³/mol. The Labute approximate surface area is 120 Å². The lowest BCUT2D eigenvalue weighted by Crippen LogP contribution is -2.18. The summed E-state index contributed by atoms with van der Waals surface area (Å²) < 4.78 is 5.09. The van der Waals surface area contributed by atoms with E-state index in [1.165, 1.54) is 31.2 Å². The molecule has 2 aromatic rings. The van der Waals surface area contributed by atoms with Gasteiger partial charge in [0.1, 0.15) is 5.76 Å². The zero-order valence-electron chi connectivity index (χ0n) is 12.3. The van der Waals surface area contributed by atoms with Crippen molar-refractivity contribution in [3.05, 3.63) is 52.4 Å². The summed E-state index contributed by atoms with van der Waals surface area (Å²) in [7, 11) is 0. The number of hydrogen-bond acceptors (Lipinski definition) is 3. The maximum Gasteiger partial charge on any atom is 0.133 e. The highest BCUT2D eigenvalue weighted by Gasteiger charge is 2.12. The topological polar surface area (TPSA) is 38.1 Å². The number of nitrogens with zero attached hydrogens (tertiary/aromatic N) is 1. The highest BCUT2D eigenvalue weighted by molar-refractivity contribution is 5.35. The molecule has 1 unspecified atom stereocenters. The van der Waals surface area contributed by atoms with E-state index in [9.17, 15) is 0 Å². The standard InChI is InChI=1S/C17H22N2O/c1-12-9-17(19-20-12)11-18-13(2)15-8-7-14-5-3-4-6-16(14)10-15/h7-10,13,18H,3-6,11H2,1-2H3. The van der Waals surface area contributed by atoms with Crippen LogP contribution in [0.2, 0.25) is 0 Å². The largest absolute Gasteiger partial charge is 0.361 e. The maximum atomic E-state index is 5.09. The van der Waals surface area contributed by atoms with Crippen LogP contribution in [0.5, 0.6) is 0 Å². The third-order valence-corrected chi connectivity index (χ3v) is 4.14. The van der Waals surface area contributed by atoms with E-state index in [0.717, 1.165) is 18.0 Å². The molecule has 1 N–H and O–H groups in total. The van der Waals surface area contributed by atoms with Gasteiger partial charge in [-0.3, -0.25) is 0 Å². The van der Waals surface area contributed by atoms with Gasteiger partial charge in [0.05, 0.1) is 5.69 Å². The van der Waals surface area contributed by atoms with E-state index in [2.05, 4.69) is 35.6 Å². The number of benzene rings is 1. The summed E-state index contributed by atoms with van der Waals surface area (Å²) >= 11 is 0. The van der Waals surface area contributed by atoms with Crippen molar-refractivity contribution in [2.24, 2.45) is 0 Å². The molecular formula is C17H22N2O. The smallest absolute Gasteiger partial charge is 0.133 e. The molecule has 3 nitrogen and oxygen atoms in total. The molecule has 1 aliphatic rings. The fraction of sp³-hybridized carbons (Fsp3) is 0.471. The van der Waals surface area contributed by atoms with Crippen molar-refractivity contribution in [3.8, 4) is 0 Å². The molecule has 1 aromatic heterocycles. The number of aryl methyl sites for hydroxylation is 3. The number of hydrogen-bond donors (Lipinski definition) is 1. The Bertz CT molecular complexity index is 588. The van der Waals surface area contributed by atoms with Gasteiger partial charge in [0, 0.05) is 18.7 Å². The van der Waals surface area contributed by atoms with E-state index in [-0.39, 0.29) is 0 Å². The molecule has 0 bridgehead atoms. The minimum Gasteiger partial charge on any atom is -0.361 e. The van der Waals surface area contributed by atoms with E-state index in [0.29, 0.717) is 6.04 Å². The number of nitrogens with one attached hydrogen (secondary N) is 1. The summed E-state index contributed by atoms with van der Waals surface area (Å²) in [6.07, 6.45) is 5.15. The first-order valence-electron chi connectivity index (χ1n) is 7.49. The molecule has 0 saturated heterocycles. The minimum atomic E-state index is 0.333. The predicted octanol–water partition coefficient (Wildman–Crippen LogP) is 3.71. The summed E-state index contributed by atoms with van der Waals surface area (Å²) in [5, 5.41) is 7.53. The molecule has 0 spiro atoms. The summed E-state index contributed by atoms with van der Waals surface area (Å²) in [6.45, 7) is 4.87. The molecule has 0 fully saturated rings. The van der Waals surface area contributed by atoms with Gasteiger partial charge in [-0.1, -0.05) is 23.4 Å². The van der Waals surface area contributed by atoms with E-state index in [1.54, 1.807) is 11.1 Å². The molecule has 3 rings (SSSR count). The van der Waals surface area contributed by atoms with Gasteiger partial charge >= 0.3 is 0 Å². The molecule has 106 valence electrons. The van der Waals surface area contributed by atoms with Crippen molar-refractivity contribution >= 4 is 0 Å². The van der Waals surface area contributed by atoms with Gasteiger partial charge < -0.3 is 9.84 Å². The number of rotatable bonds is 4. The SMILES string of the molecule is Cc1cc(CNC(C)c2ccc3c(c2)CCCC3)no1. The molecule has 0 amide bonds.